The number of aryl methyl sites for hydroxylation is 1. The summed E-state index contributed by atoms with van der Waals surface area (Å²) < 4.78 is 1.53. The highest BCUT2D eigenvalue weighted by atomic mass is 35.5. The van der Waals surface area contributed by atoms with Gasteiger partial charge in [-0.25, -0.2) is 4.79 Å². The highest BCUT2D eigenvalue weighted by Gasteiger charge is 2.37. The molecule has 110 valence electrons. The van der Waals surface area contributed by atoms with Crippen molar-refractivity contribution in [3.8, 4) is 0 Å². The molecule has 1 amide bonds. The molecule has 2 rings (SSSR count). The minimum Gasteiger partial charge on any atom is -0.480 e. The van der Waals surface area contributed by atoms with Crippen LogP contribution in [0.15, 0.2) is 0 Å². The van der Waals surface area contributed by atoms with Gasteiger partial charge in [-0.2, -0.15) is 5.10 Å². The maximum absolute atomic E-state index is 12.5. The molecule has 1 aromatic heterocycles. The molecular weight excluding hydrogens is 282 g/mol. The van der Waals surface area contributed by atoms with Gasteiger partial charge in [0.1, 0.15) is 6.04 Å². The third kappa shape index (κ3) is 2.52. The first kappa shape index (κ1) is 14.8. The van der Waals surface area contributed by atoms with Crippen LogP contribution in [0.3, 0.4) is 0 Å². The van der Waals surface area contributed by atoms with Crippen molar-refractivity contribution in [2.75, 3.05) is 6.54 Å². The minimum atomic E-state index is -0.978. The number of carbonyl (C=O) groups excluding carboxylic acids is 1. The number of aliphatic carboxylic acids is 1. The normalized spacial score (nSPS) is 22.9. The second-order valence-electron chi connectivity index (χ2n) is 5.35. The van der Waals surface area contributed by atoms with Crippen LogP contribution in [0.4, 0.5) is 0 Å². The lowest BCUT2D eigenvalue weighted by Crippen LogP contribution is -2.50. The molecule has 7 heteroatoms. The Labute approximate surface area is 122 Å². The van der Waals surface area contributed by atoms with Gasteiger partial charge in [-0.1, -0.05) is 18.5 Å². The van der Waals surface area contributed by atoms with Gasteiger partial charge in [0.05, 0.1) is 10.7 Å². The van der Waals surface area contributed by atoms with Crippen LogP contribution < -0.4 is 0 Å². The highest BCUT2D eigenvalue weighted by molar-refractivity contribution is 6.34. The Bertz CT molecular complexity index is 555. The number of amides is 1. The second-order valence-corrected chi connectivity index (χ2v) is 5.73. The van der Waals surface area contributed by atoms with Crippen LogP contribution in [-0.4, -0.2) is 44.3 Å². The van der Waals surface area contributed by atoms with Crippen LogP contribution in [0.25, 0.3) is 0 Å². The van der Waals surface area contributed by atoms with Crippen molar-refractivity contribution in [3.05, 3.63) is 16.4 Å². The smallest absolute Gasteiger partial charge is 0.326 e. The monoisotopic (exact) mass is 299 g/mol. The summed E-state index contributed by atoms with van der Waals surface area (Å²) in [5.74, 6) is -1.09. The van der Waals surface area contributed by atoms with Crippen LogP contribution in [0.1, 0.15) is 35.9 Å². The van der Waals surface area contributed by atoms with Gasteiger partial charge in [-0.05, 0) is 25.7 Å². The summed E-state index contributed by atoms with van der Waals surface area (Å²) in [5, 5.41) is 13.7. The first-order valence-electron chi connectivity index (χ1n) is 6.55. The van der Waals surface area contributed by atoms with E-state index in [1.807, 2.05) is 6.92 Å². The van der Waals surface area contributed by atoms with Gasteiger partial charge in [0.2, 0.25) is 0 Å². The SMILES string of the molecule is Cc1c(Cl)c(C(=O)N2CCC(C)CC2C(=O)O)nn1C. The molecule has 0 aliphatic carbocycles. The number of aromatic nitrogens is 2. The molecule has 1 N–H and O–H groups in total. The van der Waals surface area contributed by atoms with Gasteiger partial charge in [0, 0.05) is 13.6 Å². The van der Waals surface area contributed by atoms with E-state index in [0.29, 0.717) is 29.6 Å². The number of carbonyl (C=O) groups is 2. The molecule has 0 bridgehead atoms. The summed E-state index contributed by atoms with van der Waals surface area (Å²) in [6, 6.07) is -0.801. The van der Waals surface area contributed by atoms with E-state index in [9.17, 15) is 14.7 Å². The van der Waals surface area contributed by atoms with Gasteiger partial charge < -0.3 is 10.0 Å². The summed E-state index contributed by atoms with van der Waals surface area (Å²) in [6.07, 6.45) is 1.25. The Balaban J connectivity index is 2.31. The highest BCUT2D eigenvalue weighted by Crippen LogP contribution is 2.27. The Morgan fingerprint density at radius 2 is 2.10 bits per heavy atom. The first-order valence-corrected chi connectivity index (χ1v) is 6.93. The number of likely N-dealkylation sites (tertiary alicyclic amines) is 1. The van der Waals surface area contributed by atoms with E-state index in [4.69, 9.17) is 11.6 Å². The van der Waals surface area contributed by atoms with Crippen LogP contribution in [0.5, 0.6) is 0 Å². The predicted octanol–water partition coefficient (Wildman–Crippen LogP) is 1.71. The molecule has 6 nitrogen and oxygen atoms in total. The van der Waals surface area contributed by atoms with Gasteiger partial charge in [-0.3, -0.25) is 9.48 Å². The maximum atomic E-state index is 12.5. The molecule has 1 aliphatic rings. The van der Waals surface area contributed by atoms with E-state index in [2.05, 4.69) is 5.10 Å². The van der Waals surface area contributed by atoms with Crippen molar-refractivity contribution in [1.29, 1.82) is 0 Å². The lowest BCUT2D eigenvalue weighted by Gasteiger charge is -2.35. The zero-order valence-electron chi connectivity index (χ0n) is 11.8. The zero-order chi connectivity index (χ0) is 15.0. The average Bonchev–Trinajstić information content (AvgIpc) is 2.65. The van der Waals surface area contributed by atoms with E-state index in [1.165, 1.54) is 9.58 Å². The number of carboxylic acid groups (broad SMARTS) is 1. The fraction of sp³-hybridized carbons (Fsp3) is 0.615. The van der Waals surface area contributed by atoms with E-state index in [0.717, 1.165) is 6.42 Å². The van der Waals surface area contributed by atoms with Crippen LogP contribution in [0.2, 0.25) is 5.02 Å². The van der Waals surface area contributed by atoms with Crippen molar-refractivity contribution >= 4 is 23.5 Å². The Hall–Kier alpha value is -1.56. The van der Waals surface area contributed by atoms with E-state index >= 15 is 0 Å². The zero-order valence-corrected chi connectivity index (χ0v) is 12.5. The number of piperidine rings is 1. The summed E-state index contributed by atoms with van der Waals surface area (Å²) in [6.45, 7) is 4.18. The molecule has 0 saturated carbocycles. The number of halogens is 1. The maximum Gasteiger partial charge on any atom is 0.326 e. The van der Waals surface area contributed by atoms with Crippen molar-refractivity contribution in [2.24, 2.45) is 13.0 Å². The predicted molar refractivity (Wildman–Crippen MR) is 73.8 cm³/mol. The molecule has 1 saturated heterocycles. The molecule has 2 unspecified atom stereocenters. The fourth-order valence-electron chi connectivity index (χ4n) is 2.47. The molecule has 0 radical (unpaired) electrons. The molecule has 20 heavy (non-hydrogen) atoms. The van der Waals surface area contributed by atoms with Gasteiger partial charge in [0.25, 0.3) is 5.91 Å². The lowest BCUT2D eigenvalue weighted by molar-refractivity contribution is -0.144. The molecule has 1 aromatic rings. The molecule has 1 aliphatic heterocycles. The van der Waals surface area contributed by atoms with Gasteiger partial charge in [0.15, 0.2) is 5.69 Å². The average molecular weight is 300 g/mol. The number of nitrogens with zero attached hydrogens (tertiary/aromatic N) is 3. The van der Waals surface area contributed by atoms with Crippen molar-refractivity contribution < 1.29 is 14.7 Å². The summed E-state index contributed by atoms with van der Waals surface area (Å²) >= 11 is 6.11. The standard InChI is InChI=1S/C13H18ClN3O3/c1-7-4-5-17(9(6-7)13(19)20)12(18)11-10(14)8(2)16(3)15-11/h7,9H,4-6H2,1-3H3,(H,19,20). The topological polar surface area (TPSA) is 75.4 Å². The molecule has 0 aromatic carbocycles. The van der Waals surface area contributed by atoms with E-state index in [1.54, 1.807) is 14.0 Å². The van der Waals surface area contributed by atoms with Crippen LogP contribution in [0, 0.1) is 12.8 Å². The largest absolute Gasteiger partial charge is 0.480 e. The number of carboxylic acids is 1. The Morgan fingerprint density at radius 3 is 2.60 bits per heavy atom. The van der Waals surface area contributed by atoms with Crippen molar-refractivity contribution in [1.82, 2.24) is 14.7 Å². The summed E-state index contributed by atoms with van der Waals surface area (Å²) in [5.41, 5.74) is 0.819. The van der Waals surface area contributed by atoms with Gasteiger partial charge >= 0.3 is 5.97 Å². The Morgan fingerprint density at radius 1 is 1.45 bits per heavy atom. The second kappa shape index (κ2) is 5.44. The molecule has 2 heterocycles. The summed E-state index contributed by atoms with van der Waals surface area (Å²) in [4.78, 5) is 25.2. The minimum absolute atomic E-state index is 0.132. The van der Waals surface area contributed by atoms with E-state index < -0.39 is 17.9 Å². The van der Waals surface area contributed by atoms with Crippen molar-refractivity contribution in [2.45, 2.75) is 32.7 Å². The van der Waals surface area contributed by atoms with E-state index in [-0.39, 0.29) is 5.69 Å². The number of hydrogen-bond acceptors (Lipinski definition) is 3. The lowest BCUT2D eigenvalue weighted by atomic mass is 9.92. The third-order valence-corrected chi connectivity index (χ3v) is 4.33. The third-order valence-electron chi connectivity index (χ3n) is 3.87. The molecule has 1 fully saturated rings. The number of hydrogen-bond donors (Lipinski definition) is 1. The quantitative estimate of drug-likeness (QED) is 0.902. The summed E-state index contributed by atoms with van der Waals surface area (Å²) in [7, 11) is 1.70. The van der Waals surface area contributed by atoms with Crippen LogP contribution >= 0.6 is 11.6 Å². The molecule has 0 spiro atoms. The fourth-order valence-corrected chi connectivity index (χ4v) is 2.71. The van der Waals surface area contributed by atoms with Gasteiger partial charge in [-0.15, -0.1) is 0 Å². The molecule has 2 atom stereocenters. The molecular formula is C13H18ClN3O3. The number of rotatable bonds is 2. The Kier molecular flexibility index (Phi) is 4.04. The van der Waals surface area contributed by atoms with Crippen molar-refractivity contribution in [3.63, 3.8) is 0 Å². The first-order chi connectivity index (χ1) is 9.32. The van der Waals surface area contributed by atoms with Crippen LogP contribution in [-0.2, 0) is 11.8 Å².